The number of rotatable bonds is 8. The van der Waals surface area contributed by atoms with E-state index in [0.717, 1.165) is 41.8 Å². The summed E-state index contributed by atoms with van der Waals surface area (Å²) in [6, 6.07) is 27.2. The van der Waals surface area contributed by atoms with E-state index in [1.54, 1.807) is 0 Å². The van der Waals surface area contributed by atoms with Crippen LogP contribution < -0.4 is 0 Å². The average molecular weight is 503 g/mol. The highest BCUT2D eigenvalue weighted by Crippen LogP contribution is 2.56. The zero-order valence-electron chi connectivity index (χ0n) is 20.2. The lowest BCUT2D eigenvalue weighted by Crippen LogP contribution is -2.36. The van der Waals surface area contributed by atoms with Crippen LogP contribution in [0.4, 0.5) is 0 Å². The first-order valence-corrected chi connectivity index (χ1v) is 13.1. The largest absolute Gasteiger partial charge is 0.460 e. The Bertz CT molecular complexity index is 1110. The molecule has 0 aromatic heterocycles. The lowest BCUT2D eigenvalue weighted by atomic mass is 9.80. The summed E-state index contributed by atoms with van der Waals surface area (Å²) in [6.45, 7) is 0.298. The maximum Gasteiger partial charge on any atom is 0.320 e. The molecule has 0 spiro atoms. The van der Waals surface area contributed by atoms with Crippen LogP contribution in [0.3, 0.4) is 0 Å². The van der Waals surface area contributed by atoms with Crippen LogP contribution in [-0.4, -0.2) is 11.9 Å². The molecule has 3 aromatic carbocycles. The van der Waals surface area contributed by atoms with Gasteiger partial charge in [0.25, 0.3) is 0 Å². The maximum absolute atomic E-state index is 13.4. The molecule has 0 N–H and O–H groups in total. The number of fused-ring (bicyclic) bond motifs is 1. The summed E-state index contributed by atoms with van der Waals surface area (Å²) in [6.07, 6.45) is 3.87. The Hall–Kier alpha value is -3.11. The van der Waals surface area contributed by atoms with Crippen LogP contribution in [0.15, 0.2) is 84.9 Å². The molecule has 36 heavy (non-hydrogen) atoms. The maximum atomic E-state index is 13.4. The fourth-order valence-electron chi connectivity index (χ4n) is 6.26. The van der Waals surface area contributed by atoms with Crippen molar-refractivity contribution in [3.63, 3.8) is 0 Å². The zero-order chi connectivity index (χ0) is 24.9. The molecule has 2 fully saturated rings. The summed E-state index contributed by atoms with van der Waals surface area (Å²) in [5, 5.41) is 0.736. The van der Waals surface area contributed by atoms with Gasteiger partial charge in [-0.3, -0.25) is 9.59 Å². The zero-order valence-corrected chi connectivity index (χ0v) is 21.0. The molecule has 2 aliphatic carbocycles. The number of hydrogen-bond donors (Lipinski definition) is 0. The molecule has 4 atom stereocenters. The Labute approximate surface area is 217 Å². The summed E-state index contributed by atoms with van der Waals surface area (Å²) >= 11 is 6.11. The molecule has 3 aromatic rings. The van der Waals surface area contributed by atoms with E-state index in [1.807, 2.05) is 72.8 Å². The molecule has 0 radical (unpaired) electrons. The van der Waals surface area contributed by atoms with Crippen molar-refractivity contribution in [1.29, 1.82) is 0 Å². The summed E-state index contributed by atoms with van der Waals surface area (Å²) in [5.74, 6) is -0.754. The monoisotopic (exact) mass is 502 g/mol. The van der Waals surface area contributed by atoms with E-state index in [2.05, 4.69) is 12.1 Å². The van der Waals surface area contributed by atoms with Crippen LogP contribution >= 0.6 is 11.6 Å². The van der Waals surface area contributed by atoms with Gasteiger partial charge in [0.05, 0.1) is 0 Å². The highest BCUT2D eigenvalue weighted by Gasteiger charge is 2.52. The van der Waals surface area contributed by atoms with Crippen molar-refractivity contribution in [2.24, 2.45) is 23.7 Å². The van der Waals surface area contributed by atoms with Crippen LogP contribution in [0.25, 0.3) is 0 Å². The number of carbonyl (C=O) groups excluding carboxylic acids is 2. The molecular weight excluding hydrogens is 472 g/mol. The first-order chi connectivity index (χ1) is 17.6. The molecule has 0 amide bonds. The topological polar surface area (TPSA) is 52.6 Å². The van der Waals surface area contributed by atoms with E-state index < -0.39 is 17.9 Å². The number of carbonyl (C=O) groups is 2. The van der Waals surface area contributed by atoms with Gasteiger partial charge in [-0.25, -0.2) is 0 Å². The molecule has 186 valence electrons. The van der Waals surface area contributed by atoms with E-state index >= 15 is 0 Å². The molecule has 0 heterocycles. The molecule has 0 aliphatic heterocycles. The van der Waals surface area contributed by atoms with Gasteiger partial charge in [-0.15, -0.1) is 0 Å². The summed E-state index contributed by atoms with van der Waals surface area (Å²) in [4.78, 5) is 26.8. The third kappa shape index (κ3) is 5.49. The van der Waals surface area contributed by atoms with Crippen molar-refractivity contribution >= 4 is 23.5 Å². The summed E-state index contributed by atoms with van der Waals surface area (Å²) in [7, 11) is 0. The highest BCUT2D eigenvalue weighted by atomic mass is 35.5. The lowest BCUT2D eigenvalue weighted by molar-refractivity contribution is -0.167. The normalized spacial score (nSPS) is 22.8. The van der Waals surface area contributed by atoms with Crippen molar-refractivity contribution in [3.05, 3.63) is 107 Å². The minimum Gasteiger partial charge on any atom is -0.460 e. The van der Waals surface area contributed by atoms with E-state index in [0.29, 0.717) is 17.8 Å². The van der Waals surface area contributed by atoms with Crippen molar-refractivity contribution in [2.75, 3.05) is 0 Å². The van der Waals surface area contributed by atoms with E-state index in [4.69, 9.17) is 21.1 Å². The van der Waals surface area contributed by atoms with E-state index in [-0.39, 0.29) is 19.1 Å². The minimum atomic E-state index is -0.906. The van der Waals surface area contributed by atoms with Gasteiger partial charge in [-0.05, 0) is 78.2 Å². The van der Waals surface area contributed by atoms with Crippen molar-refractivity contribution < 1.29 is 19.1 Å². The first-order valence-electron chi connectivity index (χ1n) is 12.8. The highest BCUT2D eigenvalue weighted by molar-refractivity contribution is 6.30. The second-order valence-corrected chi connectivity index (χ2v) is 10.4. The Kier molecular flexibility index (Phi) is 7.72. The SMILES string of the molecule is O=C(OCc1ccccc1)C(C(=O)OCc1ccccc1)[C@@H]1CC[C@H]2[C@@H]1CC[C@@H]2c1ccc(Cl)cc1. The minimum absolute atomic E-state index is 0.0705. The van der Waals surface area contributed by atoms with Gasteiger partial charge in [-0.1, -0.05) is 84.4 Å². The van der Waals surface area contributed by atoms with Crippen LogP contribution in [-0.2, 0) is 32.3 Å². The van der Waals surface area contributed by atoms with Gasteiger partial charge >= 0.3 is 11.9 Å². The van der Waals surface area contributed by atoms with Crippen LogP contribution in [0.2, 0.25) is 5.02 Å². The van der Waals surface area contributed by atoms with Crippen molar-refractivity contribution in [3.8, 4) is 0 Å². The molecule has 0 saturated heterocycles. The Morgan fingerprint density at radius 3 is 1.78 bits per heavy atom. The standard InChI is InChI=1S/C31H31ClO4/c32-24-13-11-23(12-14-24)25-15-16-27-26(25)17-18-28(27)29(30(33)35-19-21-7-3-1-4-8-21)31(34)36-20-22-9-5-2-6-10-22/h1-14,25-29H,15-20H2/t25-,26-,27+,28-/m1/s1. The molecule has 5 rings (SSSR count). The van der Waals surface area contributed by atoms with Crippen LogP contribution in [0.5, 0.6) is 0 Å². The molecular formula is C31H31ClO4. The Morgan fingerprint density at radius 1 is 0.694 bits per heavy atom. The second-order valence-electron chi connectivity index (χ2n) is 9.97. The third-order valence-electron chi connectivity index (χ3n) is 7.94. The van der Waals surface area contributed by atoms with Gasteiger partial charge in [0.15, 0.2) is 5.92 Å². The second kappa shape index (κ2) is 11.3. The van der Waals surface area contributed by atoms with E-state index in [1.165, 1.54) is 5.56 Å². The molecule has 4 nitrogen and oxygen atoms in total. The molecule has 5 heteroatoms. The molecule has 0 unspecified atom stereocenters. The van der Waals surface area contributed by atoms with Gasteiger partial charge in [0, 0.05) is 5.02 Å². The number of ether oxygens (including phenoxy) is 2. The molecule has 0 bridgehead atoms. The molecule has 2 saturated carbocycles. The fourth-order valence-corrected chi connectivity index (χ4v) is 6.39. The van der Waals surface area contributed by atoms with E-state index in [9.17, 15) is 9.59 Å². The van der Waals surface area contributed by atoms with Crippen molar-refractivity contribution in [2.45, 2.75) is 44.8 Å². The van der Waals surface area contributed by atoms with Crippen LogP contribution in [0, 0.1) is 23.7 Å². The number of esters is 2. The molecule has 2 aliphatic rings. The predicted molar refractivity (Wildman–Crippen MR) is 139 cm³/mol. The summed E-state index contributed by atoms with van der Waals surface area (Å²) in [5.41, 5.74) is 3.09. The number of benzene rings is 3. The van der Waals surface area contributed by atoms with Gasteiger partial charge in [0.2, 0.25) is 0 Å². The Balaban J connectivity index is 1.32. The van der Waals surface area contributed by atoms with Crippen LogP contribution in [0.1, 0.15) is 48.3 Å². The quantitative estimate of drug-likeness (QED) is 0.247. The smallest absolute Gasteiger partial charge is 0.320 e. The first kappa shape index (κ1) is 24.6. The van der Waals surface area contributed by atoms with Crippen molar-refractivity contribution in [1.82, 2.24) is 0 Å². The Morgan fingerprint density at radius 2 is 1.22 bits per heavy atom. The third-order valence-corrected chi connectivity index (χ3v) is 8.20. The predicted octanol–water partition coefficient (Wildman–Crippen LogP) is 6.96. The lowest BCUT2D eigenvalue weighted by Gasteiger charge is -2.26. The van der Waals surface area contributed by atoms with Gasteiger partial charge < -0.3 is 9.47 Å². The van der Waals surface area contributed by atoms with Gasteiger partial charge in [0.1, 0.15) is 13.2 Å². The fraction of sp³-hybridized carbons (Fsp3) is 0.355. The van der Waals surface area contributed by atoms with Gasteiger partial charge in [-0.2, -0.15) is 0 Å². The number of hydrogen-bond acceptors (Lipinski definition) is 4. The average Bonchev–Trinajstić information content (AvgIpc) is 3.51. The number of halogens is 1. The summed E-state index contributed by atoms with van der Waals surface area (Å²) < 4.78 is 11.4.